The molecule has 0 saturated heterocycles. The van der Waals surface area contributed by atoms with E-state index in [-0.39, 0.29) is 5.91 Å². The van der Waals surface area contributed by atoms with E-state index in [9.17, 15) is 4.79 Å². The highest BCUT2D eigenvalue weighted by Gasteiger charge is 2.20. The van der Waals surface area contributed by atoms with Crippen LogP contribution in [0.3, 0.4) is 0 Å². The molecular formula is C7H13NO. The van der Waals surface area contributed by atoms with Crippen LogP contribution >= 0.6 is 0 Å². The van der Waals surface area contributed by atoms with Crippen molar-refractivity contribution in [3.8, 4) is 0 Å². The standard InChI is InChI=1S/C7H13NO/c8-7(9)3-1-2-6-4-5-6/h6H,1-5H2,(H2,8,9). The molecule has 0 unspecified atom stereocenters. The minimum absolute atomic E-state index is 0.157. The Kier molecular flexibility index (Phi) is 2.09. The molecule has 0 aromatic rings. The summed E-state index contributed by atoms with van der Waals surface area (Å²) >= 11 is 0. The predicted molar refractivity (Wildman–Crippen MR) is 35.8 cm³/mol. The molecule has 0 bridgehead atoms. The first-order valence-electron chi connectivity index (χ1n) is 3.57. The van der Waals surface area contributed by atoms with Crippen LogP contribution in [0.1, 0.15) is 32.1 Å². The normalized spacial score (nSPS) is 17.8. The SMILES string of the molecule is NC(=O)CCCC1CC1. The summed E-state index contributed by atoms with van der Waals surface area (Å²) in [6.45, 7) is 0. The molecular weight excluding hydrogens is 114 g/mol. The number of rotatable bonds is 4. The van der Waals surface area contributed by atoms with E-state index in [0.717, 1.165) is 12.3 Å². The van der Waals surface area contributed by atoms with Crippen LogP contribution in [0.15, 0.2) is 0 Å². The zero-order valence-corrected chi connectivity index (χ0v) is 5.60. The summed E-state index contributed by atoms with van der Waals surface area (Å²) in [5.74, 6) is 0.778. The van der Waals surface area contributed by atoms with E-state index in [1.165, 1.54) is 19.3 Å². The maximum atomic E-state index is 10.2. The second kappa shape index (κ2) is 2.85. The first-order chi connectivity index (χ1) is 4.29. The van der Waals surface area contributed by atoms with Crippen molar-refractivity contribution in [2.45, 2.75) is 32.1 Å². The topological polar surface area (TPSA) is 43.1 Å². The fourth-order valence-corrected chi connectivity index (χ4v) is 0.971. The third-order valence-electron chi connectivity index (χ3n) is 1.73. The molecule has 0 aliphatic heterocycles. The van der Waals surface area contributed by atoms with Crippen molar-refractivity contribution in [1.29, 1.82) is 0 Å². The Labute approximate surface area is 55.4 Å². The van der Waals surface area contributed by atoms with Crippen molar-refractivity contribution in [3.05, 3.63) is 0 Å². The lowest BCUT2D eigenvalue weighted by atomic mass is 10.2. The molecule has 2 N–H and O–H groups in total. The zero-order chi connectivity index (χ0) is 6.69. The van der Waals surface area contributed by atoms with E-state index in [0.29, 0.717) is 6.42 Å². The summed E-state index contributed by atoms with van der Waals surface area (Å²) in [6, 6.07) is 0. The van der Waals surface area contributed by atoms with Gasteiger partial charge in [-0.2, -0.15) is 0 Å². The van der Waals surface area contributed by atoms with E-state index in [4.69, 9.17) is 5.73 Å². The average molecular weight is 127 g/mol. The summed E-state index contributed by atoms with van der Waals surface area (Å²) in [5, 5.41) is 0. The van der Waals surface area contributed by atoms with E-state index < -0.39 is 0 Å². The monoisotopic (exact) mass is 127 g/mol. The van der Waals surface area contributed by atoms with Gasteiger partial charge in [-0.05, 0) is 18.8 Å². The van der Waals surface area contributed by atoms with Crippen LogP contribution in [-0.4, -0.2) is 5.91 Å². The predicted octanol–water partition coefficient (Wildman–Crippen LogP) is 1.05. The molecule has 1 aliphatic carbocycles. The smallest absolute Gasteiger partial charge is 0.217 e. The van der Waals surface area contributed by atoms with Gasteiger partial charge in [0.25, 0.3) is 0 Å². The molecule has 1 fully saturated rings. The zero-order valence-electron chi connectivity index (χ0n) is 5.60. The Morgan fingerprint density at radius 2 is 2.22 bits per heavy atom. The fraction of sp³-hybridized carbons (Fsp3) is 0.857. The van der Waals surface area contributed by atoms with Crippen molar-refractivity contribution < 1.29 is 4.79 Å². The van der Waals surface area contributed by atoms with Crippen LogP contribution in [0, 0.1) is 5.92 Å². The molecule has 1 rings (SSSR count). The van der Waals surface area contributed by atoms with Gasteiger partial charge in [-0.1, -0.05) is 12.8 Å². The van der Waals surface area contributed by atoms with Crippen molar-refractivity contribution in [3.63, 3.8) is 0 Å². The van der Waals surface area contributed by atoms with E-state index in [1.54, 1.807) is 0 Å². The quantitative estimate of drug-likeness (QED) is 0.602. The van der Waals surface area contributed by atoms with Crippen molar-refractivity contribution >= 4 is 5.91 Å². The van der Waals surface area contributed by atoms with Gasteiger partial charge >= 0.3 is 0 Å². The maximum absolute atomic E-state index is 10.2. The summed E-state index contributed by atoms with van der Waals surface area (Å²) in [6.07, 6.45) is 5.54. The highest BCUT2D eigenvalue weighted by atomic mass is 16.1. The number of amides is 1. The van der Waals surface area contributed by atoms with Gasteiger partial charge in [0, 0.05) is 6.42 Å². The molecule has 0 heterocycles. The van der Waals surface area contributed by atoms with Crippen molar-refractivity contribution in [2.75, 3.05) is 0 Å². The lowest BCUT2D eigenvalue weighted by molar-refractivity contribution is -0.118. The Hall–Kier alpha value is -0.530. The molecule has 52 valence electrons. The first-order valence-corrected chi connectivity index (χ1v) is 3.57. The summed E-state index contributed by atoms with van der Waals surface area (Å²) < 4.78 is 0. The second-order valence-electron chi connectivity index (χ2n) is 2.80. The van der Waals surface area contributed by atoms with Gasteiger partial charge < -0.3 is 5.73 Å². The van der Waals surface area contributed by atoms with Gasteiger partial charge in [0.05, 0.1) is 0 Å². The molecule has 1 saturated carbocycles. The lowest BCUT2D eigenvalue weighted by Crippen LogP contribution is -2.09. The van der Waals surface area contributed by atoms with Crippen LogP contribution < -0.4 is 5.73 Å². The molecule has 0 aromatic carbocycles. The number of carbonyl (C=O) groups excluding carboxylic acids is 1. The van der Waals surface area contributed by atoms with Gasteiger partial charge in [-0.3, -0.25) is 4.79 Å². The van der Waals surface area contributed by atoms with Gasteiger partial charge in [0.2, 0.25) is 5.91 Å². The third-order valence-corrected chi connectivity index (χ3v) is 1.73. The van der Waals surface area contributed by atoms with Gasteiger partial charge in [-0.25, -0.2) is 0 Å². The molecule has 0 aromatic heterocycles. The summed E-state index contributed by atoms with van der Waals surface area (Å²) in [4.78, 5) is 10.2. The fourth-order valence-electron chi connectivity index (χ4n) is 0.971. The highest BCUT2D eigenvalue weighted by Crippen LogP contribution is 2.33. The number of nitrogens with two attached hydrogens (primary N) is 1. The lowest BCUT2D eigenvalue weighted by Gasteiger charge is -1.92. The van der Waals surface area contributed by atoms with Crippen LogP contribution in [0.4, 0.5) is 0 Å². The van der Waals surface area contributed by atoms with Crippen molar-refractivity contribution in [1.82, 2.24) is 0 Å². The van der Waals surface area contributed by atoms with Crippen molar-refractivity contribution in [2.24, 2.45) is 11.7 Å². The average Bonchev–Trinajstić information content (AvgIpc) is 2.48. The first kappa shape index (κ1) is 6.59. The number of carbonyl (C=O) groups is 1. The minimum Gasteiger partial charge on any atom is -0.370 e. The molecule has 2 heteroatoms. The van der Waals surface area contributed by atoms with Crippen LogP contribution in [0.2, 0.25) is 0 Å². The molecule has 9 heavy (non-hydrogen) atoms. The molecule has 0 radical (unpaired) electrons. The third kappa shape index (κ3) is 3.12. The largest absolute Gasteiger partial charge is 0.370 e. The van der Waals surface area contributed by atoms with Gasteiger partial charge in [0.1, 0.15) is 0 Å². The Morgan fingerprint density at radius 1 is 1.56 bits per heavy atom. The molecule has 0 spiro atoms. The number of hydrogen-bond donors (Lipinski definition) is 1. The summed E-state index contributed by atoms with van der Waals surface area (Å²) in [5.41, 5.74) is 4.96. The van der Waals surface area contributed by atoms with E-state index in [2.05, 4.69) is 0 Å². The molecule has 1 aliphatic rings. The second-order valence-corrected chi connectivity index (χ2v) is 2.80. The van der Waals surface area contributed by atoms with Crippen LogP contribution in [0.25, 0.3) is 0 Å². The van der Waals surface area contributed by atoms with E-state index >= 15 is 0 Å². The number of primary amides is 1. The van der Waals surface area contributed by atoms with Gasteiger partial charge in [-0.15, -0.1) is 0 Å². The Morgan fingerprint density at radius 3 is 2.67 bits per heavy atom. The Balaban J connectivity index is 1.86. The summed E-state index contributed by atoms with van der Waals surface area (Å²) in [7, 11) is 0. The number of hydrogen-bond acceptors (Lipinski definition) is 1. The molecule has 1 amide bonds. The van der Waals surface area contributed by atoms with Crippen LogP contribution in [-0.2, 0) is 4.79 Å². The Bertz CT molecular complexity index is 107. The molecule has 0 atom stereocenters. The highest BCUT2D eigenvalue weighted by molar-refractivity contribution is 5.73. The van der Waals surface area contributed by atoms with Gasteiger partial charge in [0.15, 0.2) is 0 Å². The maximum Gasteiger partial charge on any atom is 0.217 e. The molecule has 2 nitrogen and oxygen atoms in total. The van der Waals surface area contributed by atoms with Crippen LogP contribution in [0.5, 0.6) is 0 Å². The minimum atomic E-state index is -0.157. The van der Waals surface area contributed by atoms with E-state index in [1.807, 2.05) is 0 Å².